The van der Waals surface area contributed by atoms with E-state index >= 15 is 0 Å². The number of nitrogens with zero attached hydrogens (tertiary/aromatic N) is 1. The number of aliphatic carboxylic acids is 1. The van der Waals surface area contributed by atoms with Crippen molar-refractivity contribution < 1.29 is 19.4 Å². The van der Waals surface area contributed by atoms with Crippen LogP contribution in [0, 0.1) is 11.8 Å². The van der Waals surface area contributed by atoms with Crippen molar-refractivity contribution in [3.63, 3.8) is 0 Å². The lowest BCUT2D eigenvalue weighted by atomic mass is 9.84. The molecule has 1 aliphatic rings. The highest BCUT2D eigenvalue weighted by Crippen LogP contribution is 2.26. The first-order chi connectivity index (χ1) is 6.60. The molecule has 80 valence electrons. The van der Waals surface area contributed by atoms with Crippen molar-refractivity contribution in [2.75, 3.05) is 20.2 Å². The van der Waals surface area contributed by atoms with Crippen LogP contribution in [0.2, 0.25) is 0 Å². The van der Waals surface area contributed by atoms with E-state index in [1.807, 2.05) is 6.92 Å². The third-order valence-corrected chi connectivity index (χ3v) is 2.67. The fourth-order valence-electron chi connectivity index (χ4n) is 1.75. The molecular weight excluding hydrogens is 186 g/mol. The molecule has 0 spiro atoms. The maximum atomic E-state index is 11.0. The predicted octanol–water partition coefficient (Wildman–Crippen LogP) is 0.795. The second-order valence-corrected chi connectivity index (χ2v) is 3.49. The lowest BCUT2D eigenvalue weighted by Gasteiger charge is -2.40. The van der Waals surface area contributed by atoms with E-state index in [1.165, 1.54) is 12.0 Å². The molecule has 1 amide bonds. The highest BCUT2D eigenvalue weighted by Gasteiger charge is 2.38. The molecule has 1 heterocycles. The Bertz CT molecular complexity index is 235. The fraction of sp³-hybridized carbons (Fsp3) is 0.778. The molecule has 0 bridgehead atoms. The molecule has 1 saturated heterocycles. The van der Waals surface area contributed by atoms with Crippen LogP contribution >= 0.6 is 0 Å². The number of rotatable bonds is 3. The van der Waals surface area contributed by atoms with Gasteiger partial charge in [-0.25, -0.2) is 4.79 Å². The Hall–Kier alpha value is -1.26. The molecular formula is C9H15NO4. The molecule has 1 unspecified atom stereocenters. The predicted molar refractivity (Wildman–Crippen MR) is 48.9 cm³/mol. The topological polar surface area (TPSA) is 66.8 Å². The van der Waals surface area contributed by atoms with E-state index in [9.17, 15) is 9.59 Å². The molecule has 1 rings (SSSR count). The molecule has 1 fully saturated rings. The quantitative estimate of drug-likeness (QED) is 0.733. The summed E-state index contributed by atoms with van der Waals surface area (Å²) in [5, 5.41) is 8.86. The van der Waals surface area contributed by atoms with Crippen LogP contribution in [0.4, 0.5) is 4.79 Å². The highest BCUT2D eigenvalue weighted by atomic mass is 16.5. The molecule has 5 heteroatoms. The Balaban J connectivity index is 2.39. The first-order valence-corrected chi connectivity index (χ1v) is 4.65. The number of methoxy groups -OCH3 is 1. The van der Waals surface area contributed by atoms with Gasteiger partial charge in [0.15, 0.2) is 0 Å². The smallest absolute Gasteiger partial charge is 0.409 e. The summed E-state index contributed by atoms with van der Waals surface area (Å²) in [6, 6.07) is 0. The average molecular weight is 201 g/mol. The fourth-order valence-corrected chi connectivity index (χ4v) is 1.75. The minimum atomic E-state index is -0.776. The maximum Gasteiger partial charge on any atom is 0.409 e. The van der Waals surface area contributed by atoms with Crippen LogP contribution in [0.1, 0.15) is 13.3 Å². The van der Waals surface area contributed by atoms with Crippen LogP contribution in [0.3, 0.4) is 0 Å². The van der Waals surface area contributed by atoms with Crippen molar-refractivity contribution in [1.82, 2.24) is 4.90 Å². The summed E-state index contributed by atoms with van der Waals surface area (Å²) in [7, 11) is 1.32. The first-order valence-electron chi connectivity index (χ1n) is 4.65. The molecule has 0 aromatic carbocycles. The second kappa shape index (κ2) is 4.30. The SMILES string of the molecule is CCC(C(=O)O)C1CN(C(=O)OC)C1. The number of carboxylic acids is 1. The molecule has 14 heavy (non-hydrogen) atoms. The van der Waals surface area contributed by atoms with Gasteiger partial charge in [-0.3, -0.25) is 4.79 Å². The number of amides is 1. The number of carboxylic acid groups (broad SMARTS) is 1. The zero-order valence-corrected chi connectivity index (χ0v) is 8.40. The van der Waals surface area contributed by atoms with Gasteiger partial charge in [-0.15, -0.1) is 0 Å². The minimum Gasteiger partial charge on any atom is -0.481 e. The van der Waals surface area contributed by atoms with E-state index in [0.29, 0.717) is 19.5 Å². The van der Waals surface area contributed by atoms with Crippen LogP contribution < -0.4 is 0 Å². The summed E-state index contributed by atoms with van der Waals surface area (Å²) in [6.07, 6.45) is 0.233. The van der Waals surface area contributed by atoms with Gasteiger partial charge in [-0.1, -0.05) is 6.92 Å². The van der Waals surface area contributed by atoms with Crippen molar-refractivity contribution in [2.45, 2.75) is 13.3 Å². The van der Waals surface area contributed by atoms with Gasteiger partial charge in [0, 0.05) is 19.0 Å². The minimum absolute atomic E-state index is 0.0802. The third-order valence-electron chi connectivity index (χ3n) is 2.67. The molecule has 0 radical (unpaired) electrons. The number of likely N-dealkylation sites (tertiary alicyclic amines) is 1. The molecule has 1 aliphatic heterocycles. The Morgan fingerprint density at radius 1 is 1.57 bits per heavy atom. The number of hydrogen-bond donors (Lipinski definition) is 1. The van der Waals surface area contributed by atoms with Crippen LogP contribution in [0.25, 0.3) is 0 Å². The third kappa shape index (κ3) is 1.97. The van der Waals surface area contributed by atoms with E-state index in [4.69, 9.17) is 5.11 Å². The summed E-state index contributed by atoms with van der Waals surface area (Å²) >= 11 is 0. The van der Waals surface area contributed by atoms with Gasteiger partial charge in [-0.2, -0.15) is 0 Å². The number of hydrogen-bond acceptors (Lipinski definition) is 3. The van der Waals surface area contributed by atoms with Crippen LogP contribution in [-0.2, 0) is 9.53 Å². The van der Waals surface area contributed by atoms with Crippen LogP contribution in [0.5, 0.6) is 0 Å². The average Bonchev–Trinajstić information content (AvgIpc) is 2.08. The number of carbonyl (C=O) groups excluding carboxylic acids is 1. The van der Waals surface area contributed by atoms with Gasteiger partial charge in [0.2, 0.25) is 0 Å². The van der Waals surface area contributed by atoms with Crippen molar-refractivity contribution in [3.05, 3.63) is 0 Å². The first kappa shape index (κ1) is 10.8. The van der Waals surface area contributed by atoms with Crippen molar-refractivity contribution in [2.24, 2.45) is 11.8 Å². The van der Waals surface area contributed by atoms with Crippen molar-refractivity contribution in [1.29, 1.82) is 0 Å². The standard InChI is InChI=1S/C9H15NO4/c1-3-7(8(11)12)6-4-10(5-6)9(13)14-2/h6-7H,3-5H2,1-2H3,(H,11,12). The zero-order chi connectivity index (χ0) is 10.7. The number of ether oxygens (including phenoxy) is 1. The Labute approximate surface area is 82.6 Å². The molecule has 1 N–H and O–H groups in total. The molecule has 0 aromatic rings. The summed E-state index contributed by atoms with van der Waals surface area (Å²) in [5.41, 5.74) is 0. The van der Waals surface area contributed by atoms with Gasteiger partial charge in [-0.05, 0) is 6.42 Å². The summed E-state index contributed by atoms with van der Waals surface area (Å²) in [5.74, 6) is -1.03. The summed E-state index contributed by atoms with van der Waals surface area (Å²) in [6.45, 7) is 2.84. The van der Waals surface area contributed by atoms with E-state index in [0.717, 1.165) is 0 Å². The zero-order valence-electron chi connectivity index (χ0n) is 8.40. The monoisotopic (exact) mass is 201 g/mol. The Kier molecular flexibility index (Phi) is 3.33. The molecule has 5 nitrogen and oxygen atoms in total. The van der Waals surface area contributed by atoms with Gasteiger partial charge >= 0.3 is 12.1 Å². The van der Waals surface area contributed by atoms with Gasteiger partial charge in [0.25, 0.3) is 0 Å². The van der Waals surface area contributed by atoms with Gasteiger partial charge in [0.05, 0.1) is 13.0 Å². The Morgan fingerprint density at radius 3 is 2.50 bits per heavy atom. The normalized spacial score (nSPS) is 18.6. The summed E-state index contributed by atoms with van der Waals surface area (Å²) in [4.78, 5) is 23.3. The van der Waals surface area contributed by atoms with Gasteiger partial charge < -0.3 is 14.7 Å². The highest BCUT2D eigenvalue weighted by molar-refractivity contribution is 5.72. The van der Waals surface area contributed by atoms with Crippen molar-refractivity contribution >= 4 is 12.1 Å². The maximum absolute atomic E-state index is 11.0. The van der Waals surface area contributed by atoms with E-state index in [1.54, 1.807) is 0 Å². The molecule has 0 saturated carbocycles. The second-order valence-electron chi connectivity index (χ2n) is 3.49. The molecule has 0 aliphatic carbocycles. The summed E-state index contributed by atoms with van der Waals surface area (Å²) < 4.78 is 4.52. The molecule has 1 atom stereocenters. The van der Waals surface area contributed by atoms with E-state index in [2.05, 4.69) is 4.74 Å². The Morgan fingerprint density at radius 2 is 2.14 bits per heavy atom. The van der Waals surface area contributed by atoms with Gasteiger partial charge in [0.1, 0.15) is 0 Å². The van der Waals surface area contributed by atoms with Crippen LogP contribution in [0.15, 0.2) is 0 Å². The largest absolute Gasteiger partial charge is 0.481 e. The van der Waals surface area contributed by atoms with E-state index in [-0.39, 0.29) is 17.9 Å². The van der Waals surface area contributed by atoms with Crippen LogP contribution in [-0.4, -0.2) is 42.3 Å². The lowest BCUT2D eigenvalue weighted by Crippen LogP contribution is -2.53. The van der Waals surface area contributed by atoms with Crippen molar-refractivity contribution in [3.8, 4) is 0 Å². The van der Waals surface area contributed by atoms with E-state index < -0.39 is 5.97 Å². The lowest BCUT2D eigenvalue weighted by molar-refractivity contribution is -0.146. The number of carbonyl (C=O) groups is 2. The molecule has 0 aromatic heterocycles.